The van der Waals surface area contributed by atoms with Crippen LogP contribution in [0.3, 0.4) is 0 Å². The van der Waals surface area contributed by atoms with Gasteiger partial charge in [0.25, 0.3) is 0 Å². The second kappa shape index (κ2) is 3.99. The molecule has 0 aliphatic carbocycles. The highest BCUT2D eigenvalue weighted by molar-refractivity contribution is 7.86. The third-order valence-corrected chi connectivity index (χ3v) is 4.10. The molecule has 2 N–H and O–H groups in total. The van der Waals surface area contributed by atoms with Crippen LogP contribution in [0.2, 0.25) is 0 Å². The van der Waals surface area contributed by atoms with Crippen molar-refractivity contribution in [2.24, 2.45) is 5.73 Å². The Kier molecular flexibility index (Phi) is 3.77. The minimum atomic E-state index is -3.53. The van der Waals surface area contributed by atoms with Gasteiger partial charge < -0.3 is 5.73 Å². The van der Waals surface area contributed by atoms with E-state index in [1.165, 1.54) is 14.1 Å². The third kappa shape index (κ3) is 2.36. The molecule has 0 unspecified atom stereocenters. The summed E-state index contributed by atoms with van der Waals surface area (Å²) < 4.78 is 22.2. The molecule has 0 radical (unpaired) electrons. The van der Waals surface area contributed by atoms with E-state index in [-0.39, 0.29) is 12.3 Å². The van der Waals surface area contributed by atoms with Crippen LogP contribution >= 0.6 is 0 Å². The van der Waals surface area contributed by atoms with Gasteiger partial charge in [-0.1, -0.05) is 6.58 Å². The highest BCUT2D eigenvalue weighted by Crippen LogP contribution is 2.09. The smallest absolute Gasteiger partial charge is 0.329 e. The van der Waals surface area contributed by atoms with Gasteiger partial charge in [-0.2, -0.15) is 12.3 Å². The van der Waals surface area contributed by atoms with E-state index in [9.17, 15) is 13.2 Å². The fourth-order valence-electron chi connectivity index (χ4n) is 0.734. The monoisotopic (exact) mass is 207 g/mol. The minimum absolute atomic E-state index is 0.00837. The van der Waals surface area contributed by atoms with Gasteiger partial charge in [-0.15, -0.1) is 0 Å². The summed E-state index contributed by atoms with van der Waals surface area (Å²) >= 11 is 0. The van der Waals surface area contributed by atoms with Crippen molar-refractivity contribution in [1.29, 1.82) is 0 Å². The molecular formula is C7H15N2O3S+. The lowest BCUT2D eigenvalue weighted by molar-refractivity contribution is -0.677. The summed E-state index contributed by atoms with van der Waals surface area (Å²) in [7, 11) is -0.928. The number of rotatable bonds is 4. The number of quaternary nitrogens is 1. The highest BCUT2D eigenvalue weighted by Gasteiger charge is 2.37. The molecule has 0 atom stereocenters. The van der Waals surface area contributed by atoms with Gasteiger partial charge in [-0.3, -0.25) is 0 Å². The lowest BCUT2D eigenvalue weighted by Gasteiger charge is -2.23. The van der Waals surface area contributed by atoms with Crippen LogP contribution in [0.15, 0.2) is 12.7 Å². The molecule has 0 bridgehead atoms. The molecule has 13 heavy (non-hydrogen) atoms. The van der Waals surface area contributed by atoms with Crippen LogP contribution in [0.4, 0.5) is 0 Å². The molecule has 1 amide bonds. The lowest BCUT2D eigenvalue weighted by Crippen LogP contribution is -2.51. The molecule has 0 aliphatic heterocycles. The second-order valence-electron chi connectivity index (χ2n) is 2.97. The van der Waals surface area contributed by atoms with Crippen LogP contribution in [0.5, 0.6) is 0 Å². The SMILES string of the molecule is C=CC(=O)[N+](C)(C)S(=O)(=O)CCN. The normalized spacial score (nSPS) is 12.5. The standard InChI is InChI=1S/C7H15N2O3S/c1-4-7(10)9(2,3)13(11,12)6-5-8/h4H,1,5-6,8H2,2-3H3/q+1. The predicted octanol–water partition coefficient (Wildman–Crippen LogP) is -0.936. The Morgan fingerprint density at radius 3 is 2.31 bits per heavy atom. The molecule has 0 aromatic rings. The summed E-state index contributed by atoms with van der Waals surface area (Å²) in [5, 5.41) is 0. The number of likely N-dealkylation sites (N-methyl/N-ethyl adjacent to an activating group) is 1. The van der Waals surface area contributed by atoms with Crippen molar-refractivity contribution in [2.75, 3.05) is 26.4 Å². The molecule has 5 nitrogen and oxygen atoms in total. The van der Waals surface area contributed by atoms with Crippen LogP contribution in [0.1, 0.15) is 0 Å². The molecule has 76 valence electrons. The van der Waals surface area contributed by atoms with Gasteiger partial charge in [0, 0.05) is 12.6 Å². The Morgan fingerprint density at radius 1 is 1.54 bits per heavy atom. The van der Waals surface area contributed by atoms with Crippen LogP contribution in [0, 0.1) is 0 Å². The summed E-state index contributed by atoms with van der Waals surface area (Å²) in [6.45, 7) is 3.25. The Balaban J connectivity index is 5.03. The average Bonchev–Trinajstić information content (AvgIpc) is 2.02. The molecule has 0 fully saturated rings. The van der Waals surface area contributed by atoms with Crippen LogP contribution in [0.25, 0.3) is 0 Å². The van der Waals surface area contributed by atoms with E-state index in [1.54, 1.807) is 0 Å². The van der Waals surface area contributed by atoms with Crippen molar-refractivity contribution in [2.45, 2.75) is 0 Å². The topological polar surface area (TPSA) is 77.2 Å². The first-order valence-corrected chi connectivity index (χ1v) is 5.34. The van der Waals surface area contributed by atoms with E-state index >= 15 is 0 Å². The second-order valence-corrected chi connectivity index (χ2v) is 5.45. The fourth-order valence-corrected chi connectivity index (χ4v) is 1.84. The molecule has 6 heteroatoms. The molecule has 0 saturated carbocycles. The number of carbonyl (C=O) groups excluding carboxylic acids is 1. The van der Waals surface area contributed by atoms with Gasteiger partial charge in [-0.05, 0) is 0 Å². The fraction of sp³-hybridized carbons (Fsp3) is 0.571. The minimum Gasteiger partial charge on any atom is -0.329 e. The van der Waals surface area contributed by atoms with Crippen LogP contribution in [-0.2, 0) is 14.8 Å². The lowest BCUT2D eigenvalue weighted by atomic mass is 10.5. The molecule has 0 rings (SSSR count). The molecule has 0 aliphatic rings. The molecular weight excluding hydrogens is 192 g/mol. The van der Waals surface area contributed by atoms with E-state index in [2.05, 4.69) is 6.58 Å². The average molecular weight is 207 g/mol. The molecule has 0 heterocycles. The number of amides is 1. The highest BCUT2D eigenvalue weighted by atomic mass is 32.2. The van der Waals surface area contributed by atoms with E-state index in [4.69, 9.17) is 5.73 Å². The van der Waals surface area contributed by atoms with Crippen molar-refractivity contribution in [3.05, 3.63) is 12.7 Å². The summed E-state index contributed by atoms with van der Waals surface area (Å²) in [6, 6.07) is 0. The zero-order chi connectivity index (χ0) is 10.7. The number of nitrogens with two attached hydrogens (primary N) is 1. The van der Waals surface area contributed by atoms with Crippen molar-refractivity contribution >= 4 is 15.9 Å². The molecule has 0 aromatic heterocycles. The quantitative estimate of drug-likeness (QED) is 0.477. The number of hydrogen-bond acceptors (Lipinski definition) is 4. The van der Waals surface area contributed by atoms with Crippen molar-refractivity contribution in [3.63, 3.8) is 0 Å². The maximum absolute atomic E-state index is 11.5. The van der Waals surface area contributed by atoms with Gasteiger partial charge >= 0.3 is 15.9 Å². The van der Waals surface area contributed by atoms with E-state index in [0.29, 0.717) is 0 Å². The van der Waals surface area contributed by atoms with Gasteiger partial charge in [-0.25, -0.2) is 4.79 Å². The summed E-state index contributed by atoms with van der Waals surface area (Å²) in [6.07, 6.45) is 0.994. The van der Waals surface area contributed by atoms with Gasteiger partial charge in [0.15, 0.2) is 0 Å². The third-order valence-electron chi connectivity index (χ3n) is 1.78. The maximum Gasteiger partial charge on any atom is 0.352 e. The first-order chi connectivity index (χ1) is 5.79. The van der Waals surface area contributed by atoms with Gasteiger partial charge in [0.2, 0.25) is 0 Å². The largest absolute Gasteiger partial charge is 0.352 e. The molecule has 0 saturated heterocycles. The van der Waals surface area contributed by atoms with Crippen LogP contribution < -0.4 is 5.73 Å². The van der Waals surface area contributed by atoms with Crippen molar-refractivity contribution in [1.82, 2.24) is 0 Å². The predicted molar refractivity (Wildman–Crippen MR) is 50.2 cm³/mol. The summed E-state index contributed by atoms with van der Waals surface area (Å²) in [5.41, 5.74) is 5.13. The van der Waals surface area contributed by atoms with E-state index in [1.807, 2.05) is 0 Å². The van der Waals surface area contributed by atoms with Crippen LogP contribution in [-0.4, -0.2) is 44.6 Å². The van der Waals surface area contributed by atoms with Gasteiger partial charge in [0.1, 0.15) is 5.75 Å². The maximum atomic E-state index is 11.5. The number of nitrogens with zero attached hydrogens (tertiary/aromatic N) is 1. The van der Waals surface area contributed by atoms with E-state index in [0.717, 1.165) is 6.08 Å². The van der Waals surface area contributed by atoms with Crippen molar-refractivity contribution < 1.29 is 17.1 Å². The summed E-state index contributed by atoms with van der Waals surface area (Å²) in [4.78, 5) is 11.2. The number of hydrogen-bond donors (Lipinski definition) is 1. The first-order valence-electron chi connectivity index (χ1n) is 3.73. The molecule has 0 spiro atoms. The Morgan fingerprint density at radius 2 is 2.00 bits per heavy atom. The zero-order valence-corrected chi connectivity index (χ0v) is 8.67. The Hall–Kier alpha value is -0.720. The molecule has 0 aromatic carbocycles. The number of carbonyl (C=O) groups is 1. The van der Waals surface area contributed by atoms with Crippen molar-refractivity contribution in [3.8, 4) is 0 Å². The number of sulfonamides is 1. The Labute approximate surface area is 78.5 Å². The first kappa shape index (κ1) is 12.3. The zero-order valence-electron chi connectivity index (χ0n) is 7.86. The van der Waals surface area contributed by atoms with E-state index < -0.39 is 19.8 Å². The summed E-state index contributed by atoms with van der Waals surface area (Å²) in [5.74, 6) is -0.770. The van der Waals surface area contributed by atoms with Gasteiger partial charge in [0.05, 0.1) is 14.1 Å². The Bertz CT molecular complexity index is 306.